The van der Waals surface area contributed by atoms with E-state index in [0.717, 1.165) is 10.8 Å². The van der Waals surface area contributed by atoms with Gasteiger partial charge in [0.15, 0.2) is 11.5 Å². The highest BCUT2D eigenvalue weighted by atomic mass is 16.6. The van der Waals surface area contributed by atoms with Gasteiger partial charge in [-0.05, 0) is 35.0 Å². The van der Waals surface area contributed by atoms with E-state index in [1.165, 1.54) is 0 Å². The molecule has 1 aliphatic rings. The average molecular weight is 334 g/mol. The molecule has 130 valence electrons. The number of phenols is 1. The molecule has 0 saturated heterocycles. The van der Waals surface area contributed by atoms with Crippen LogP contribution in [0, 0.1) is 0 Å². The first-order valence-electron chi connectivity index (χ1n) is 8.08. The maximum absolute atomic E-state index is 9.65. The fourth-order valence-electron chi connectivity index (χ4n) is 2.43. The number of fused-ring (bicyclic) bond motifs is 2. The monoisotopic (exact) mass is 334 g/mol. The summed E-state index contributed by atoms with van der Waals surface area (Å²) in [5, 5.41) is 11.5. The molecule has 0 aromatic heterocycles. The molecule has 0 atom stereocenters. The standard InChI is InChI=1S/C18H22O6/c19-16-2-1-14-12-17-18(13-15(14)11-16)24-10-8-22-6-4-20-3-5-21-7-9-23-17/h1-2,11-13,19H,3-10H2. The van der Waals surface area contributed by atoms with Gasteiger partial charge in [0.2, 0.25) is 0 Å². The van der Waals surface area contributed by atoms with Crippen LogP contribution in [0.1, 0.15) is 0 Å². The van der Waals surface area contributed by atoms with E-state index in [1.807, 2.05) is 18.2 Å². The molecule has 1 heterocycles. The first-order chi connectivity index (χ1) is 11.8. The van der Waals surface area contributed by atoms with Crippen molar-refractivity contribution in [1.82, 2.24) is 0 Å². The van der Waals surface area contributed by atoms with Crippen molar-refractivity contribution in [1.29, 1.82) is 0 Å². The molecule has 0 spiro atoms. The van der Waals surface area contributed by atoms with Gasteiger partial charge < -0.3 is 28.8 Å². The van der Waals surface area contributed by atoms with Gasteiger partial charge in [-0.15, -0.1) is 0 Å². The van der Waals surface area contributed by atoms with E-state index in [9.17, 15) is 5.11 Å². The Balaban J connectivity index is 1.77. The normalized spacial score (nSPS) is 17.8. The number of benzene rings is 2. The average Bonchev–Trinajstić information content (AvgIpc) is 2.59. The van der Waals surface area contributed by atoms with Crippen LogP contribution < -0.4 is 9.47 Å². The van der Waals surface area contributed by atoms with Crippen LogP contribution in [0.25, 0.3) is 10.8 Å². The van der Waals surface area contributed by atoms with Crippen LogP contribution in [0.3, 0.4) is 0 Å². The van der Waals surface area contributed by atoms with Gasteiger partial charge in [0.1, 0.15) is 19.0 Å². The molecule has 1 N–H and O–H groups in total. The first-order valence-corrected chi connectivity index (χ1v) is 8.08. The largest absolute Gasteiger partial charge is 0.508 e. The first kappa shape index (κ1) is 16.8. The lowest BCUT2D eigenvalue weighted by Crippen LogP contribution is -2.13. The number of hydrogen-bond donors (Lipinski definition) is 1. The van der Waals surface area contributed by atoms with Crippen molar-refractivity contribution in [3.8, 4) is 17.2 Å². The zero-order valence-corrected chi connectivity index (χ0v) is 13.5. The Bertz CT molecular complexity index is 657. The van der Waals surface area contributed by atoms with Crippen LogP contribution in [0.15, 0.2) is 30.3 Å². The van der Waals surface area contributed by atoms with Gasteiger partial charge >= 0.3 is 0 Å². The number of hydrogen-bond acceptors (Lipinski definition) is 6. The van der Waals surface area contributed by atoms with Gasteiger partial charge in [-0.2, -0.15) is 0 Å². The third-order valence-electron chi connectivity index (χ3n) is 3.60. The molecular weight excluding hydrogens is 312 g/mol. The molecule has 6 nitrogen and oxygen atoms in total. The van der Waals surface area contributed by atoms with Crippen LogP contribution in [0.2, 0.25) is 0 Å². The lowest BCUT2D eigenvalue weighted by molar-refractivity contribution is 0.00708. The van der Waals surface area contributed by atoms with E-state index >= 15 is 0 Å². The van der Waals surface area contributed by atoms with Crippen LogP contribution >= 0.6 is 0 Å². The topological polar surface area (TPSA) is 66.4 Å². The molecule has 0 saturated carbocycles. The van der Waals surface area contributed by atoms with Crippen molar-refractivity contribution in [2.75, 3.05) is 52.9 Å². The molecule has 3 rings (SSSR count). The molecule has 1 aliphatic heterocycles. The fourth-order valence-corrected chi connectivity index (χ4v) is 2.43. The molecular formula is C18H22O6. The Hall–Kier alpha value is -2.02. The summed E-state index contributed by atoms with van der Waals surface area (Å²) in [5.41, 5.74) is 0. The molecule has 0 aliphatic carbocycles. The highest BCUT2D eigenvalue weighted by Gasteiger charge is 2.09. The van der Waals surface area contributed by atoms with Crippen molar-refractivity contribution in [2.45, 2.75) is 0 Å². The summed E-state index contributed by atoms with van der Waals surface area (Å²) in [4.78, 5) is 0. The number of aromatic hydroxyl groups is 1. The van der Waals surface area contributed by atoms with E-state index < -0.39 is 0 Å². The van der Waals surface area contributed by atoms with Crippen LogP contribution in [0.5, 0.6) is 17.2 Å². The zero-order chi connectivity index (χ0) is 16.6. The van der Waals surface area contributed by atoms with Crippen molar-refractivity contribution in [3.05, 3.63) is 30.3 Å². The fraction of sp³-hybridized carbons (Fsp3) is 0.444. The molecule has 0 amide bonds. The Kier molecular flexibility index (Phi) is 6.12. The van der Waals surface area contributed by atoms with Crippen molar-refractivity contribution in [2.24, 2.45) is 0 Å². The molecule has 0 bridgehead atoms. The van der Waals surface area contributed by atoms with Crippen LogP contribution in [0.4, 0.5) is 0 Å². The number of ether oxygens (including phenoxy) is 5. The predicted molar refractivity (Wildman–Crippen MR) is 89.1 cm³/mol. The van der Waals surface area contributed by atoms with Crippen molar-refractivity contribution < 1.29 is 28.8 Å². The Morgan fingerprint density at radius 2 is 1.08 bits per heavy atom. The minimum atomic E-state index is 0.220. The van der Waals surface area contributed by atoms with Crippen molar-refractivity contribution >= 4 is 10.8 Å². The highest BCUT2D eigenvalue weighted by Crippen LogP contribution is 2.34. The van der Waals surface area contributed by atoms with E-state index in [0.29, 0.717) is 64.4 Å². The van der Waals surface area contributed by atoms with Gasteiger partial charge in [0.25, 0.3) is 0 Å². The summed E-state index contributed by atoms with van der Waals surface area (Å²) in [5.74, 6) is 1.50. The quantitative estimate of drug-likeness (QED) is 0.798. The predicted octanol–water partition coefficient (Wildman–Crippen LogP) is 2.37. The molecule has 0 fully saturated rings. The maximum atomic E-state index is 9.65. The summed E-state index contributed by atoms with van der Waals surface area (Å²) < 4.78 is 27.9. The van der Waals surface area contributed by atoms with Crippen LogP contribution in [-0.4, -0.2) is 58.0 Å². The molecule has 0 radical (unpaired) electrons. The summed E-state index contributed by atoms with van der Waals surface area (Å²) >= 11 is 0. The molecule has 6 heteroatoms. The molecule has 2 aromatic rings. The molecule has 24 heavy (non-hydrogen) atoms. The van der Waals surface area contributed by atoms with Gasteiger partial charge in [-0.25, -0.2) is 0 Å². The maximum Gasteiger partial charge on any atom is 0.161 e. The second-order valence-electron chi connectivity index (χ2n) is 5.36. The Morgan fingerprint density at radius 3 is 1.67 bits per heavy atom. The minimum Gasteiger partial charge on any atom is -0.508 e. The van der Waals surface area contributed by atoms with Crippen molar-refractivity contribution in [3.63, 3.8) is 0 Å². The lowest BCUT2D eigenvalue weighted by atomic mass is 10.1. The zero-order valence-electron chi connectivity index (χ0n) is 13.5. The summed E-state index contributed by atoms with van der Waals surface area (Å²) in [6, 6.07) is 8.98. The van der Waals surface area contributed by atoms with E-state index in [1.54, 1.807) is 12.1 Å². The number of phenolic OH excluding ortho intramolecular Hbond substituents is 1. The third-order valence-corrected chi connectivity index (χ3v) is 3.60. The lowest BCUT2D eigenvalue weighted by Gasteiger charge is -2.14. The van der Waals surface area contributed by atoms with E-state index in [-0.39, 0.29) is 5.75 Å². The second kappa shape index (κ2) is 8.73. The van der Waals surface area contributed by atoms with E-state index in [4.69, 9.17) is 23.7 Å². The molecule has 0 unspecified atom stereocenters. The van der Waals surface area contributed by atoms with E-state index in [2.05, 4.69) is 0 Å². The Labute approximate surface area is 140 Å². The smallest absolute Gasteiger partial charge is 0.161 e. The minimum absolute atomic E-state index is 0.220. The summed E-state index contributed by atoms with van der Waals surface area (Å²) in [6.45, 7) is 3.94. The third kappa shape index (κ3) is 4.74. The van der Waals surface area contributed by atoms with Gasteiger partial charge in [0, 0.05) is 0 Å². The SMILES string of the molecule is Oc1ccc2cc3c(cc2c1)OCCOCCOCCOCCO3. The number of rotatable bonds is 0. The summed E-state index contributed by atoms with van der Waals surface area (Å²) in [6.07, 6.45) is 0. The molecule has 2 aromatic carbocycles. The van der Waals surface area contributed by atoms with Gasteiger partial charge in [-0.1, -0.05) is 6.07 Å². The van der Waals surface area contributed by atoms with Crippen LogP contribution in [-0.2, 0) is 14.2 Å². The van der Waals surface area contributed by atoms with Gasteiger partial charge in [0.05, 0.1) is 39.6 Å². The summed E-state index contributed by atoms with van der Waals surface area (Å²) in [7, 11) is 0. The second-order valence-corrected chi connectivity index (χ2v) is 5.36. The van der Waals surface area contributed by atoms with Gasteiger partial charge in [-0.3, -0.25) is 0 Å². The highest BCUT2D eigenvalue weighted by molar-refractivity contribution is 5.87. The Morgan fingerprint density at radius 1 is 0.583 bits per heavy atom.